The van der Waals surface area contributed by atoms with E-state index in [9.17, 15) is 4.79 Å². The molecule has 0 atom stereocenters. The second-order valence-electron chi connectivity index (χ2n) is 7.89. The van der Waals surface area contributed by atoms with Gasteiger partial charge in [0.05, 0.1) is 5.76 Å². The molecular formula is C29H24IrNO3-. The summed E-state index contributed by atoms with van der Waals surface area (Å²) in [6.45, 7) is 4.94. The normalized spacial score (nSPS) is 11.2. The SMILES string of the molecule is CC(=O)C=C(C)O.Cc1ccc(-c2cnc3c(c2)-c2ccccc2Oc2ccc[c-]c2-3)cc1.[Ir]. The van der Waals surface area contributed by atoms with E-state index < -0.39 is 0 Å². The van der Waals surface area contributed by atoms with Crippen LogP contribution in [-0.2, 0) is 24.9 Å². The van der Waals surface area contributed by atoms with Gasteiger partial charge in [-0.25, -0.2) is 0 Å². The maximum Gasteiger partial charge on any atom is 0.155 e. The van der Waals surface area contributed by atoms with E-state index in [2.05, 4.69) is 49.4 Å². The summed E-state index contributed by atoms with van der Waals surface area (Å²) in [4.78, 5) is 14.8. The van der Waals surface area contributed by atoms with Gasteiger partial charge in [0.2, 0.25) is 0 Å². The van der Waals surface area contributed by atoms with E-state index in [1.807, 2.05) is 42.6 Å². The monoisotopic (exact) mass is 627 g/mol. The van der Waals surface area contributed by atoms with Gasteiger partial charge in [0.1, 0.15) is 5.75 Å². The fourth-order valence-electron chi connectivity index (χ4n) is 3.66. The van der Waals surface area contributed by atoms with Crippen LogP contribution in [0.5, 0.6) is 11.5 Å². The number of ether oxygens (including phenoxy) is 1. The Morgan fingerprint density at radius 3 is 2.32 bits per heavy atom. The summed E-state index contributed by atoms with van der Waals surface area (Å²) in [5, 5.41) is 8.36. The van der Waals surface area contributed by atoms with E-state index in [1.54, 1.807) is 0 Å². The van der Waals surface area contributed by atoms with Crippen LogP contribution in [0.15, 0.2) is 90.8 Å². The molecule has 1 aliphatic rings. The van der Waals surface area contributed by atoms with Crippen LogP contribution < -0.4 is 4.74 Å². The van der Waals surface area contributed by atoms with Gasteiger partial charge in [-0.2, -0.15) is 0 Å². The van der Waals surface area contributed by atoms with Gasteiger partial charge in [-0.15, -0.1) is 24.3 Å². The van der Waals surface area contributed by atoms with Crippen LogP contribution in [0.25, 0.3) is 33.5 Å². The zero-order valence-corrected chi connectivity index (χ0v) is 21.5. The molecule has 0 fully saturated rings. The minimum absolute atomic E-state index is 0. The van der Waals surface area contributed by atoms with Gasteiger partial charge >= 0.3 is 0 Å². The first-order valence-electron chi connectivity index (χ1n) is 10.7. The molecule has 1 aliphatic heterocycles. The number of benzene rings is 3. The molecule has 0 unspecified atom stereocenters. The first kappa shape index (κ1) is 25.1. The molecule has 5 rings (SSSR count). The summed E-state index contributed by atoms with van der Waals surface area (Å²) in [6, 6.07) is 27.9. The van der Waals surface area contributed by atoms with Crippen LogP contribution in [-0.4, -0.2) is 15.9 Å². The average Bonchev–Trinajstić information content (AvgIpc) is 2.93. The first-order chi connectivity index (χ1) is 15.9. The minimum Gasteiger partial charge on any atom is -0.512 e. The Balaban J connectivity index is 0.000000357. The molecule has 0 spiro atoms. The zero-order valence-electron chi connectivity index (χ0n) is 19.1. The third-order valence-electron chi connectivity index (χ3n) is 5.14. The van der Waals surface area contributed by atoms with Crippen molar-refractivity contribution >= 4 is 5.78 Å². The van der Waals surface area contributed by atoms with Crippen molar-refractivity contribution in [3.63, 3.8) is 0 Å². The Labute approximate surface area is 213 Å². The van der Waals surface area contributed by atoms with Gasteiger partial charge in [0, 0.05) is 43.7 Å². The van der Waals surface area contributed by atoms with Crippen molar-refractivity contribution in [1.29, 1.82) is 0 Å². The molecule has 34 heavy (non-hydrogen) atoms. The van der Waals surface area contributed by atoms with Crippen LogP contribution in [0.4, 0.5) is 0 Å². The number of carbonyl (C=O) groups excluding carboxylic acids is 1. The van der Waals surface area contributed by atoms with Crippen LogP contribution >= 0.6 is 0 Å². The van der Waals surface area contributed by atoms with Gasteiger partial charge in [-0.1, -0.05) is 59.7 Å². The Kier molecular flexibility index (Phi) is 8.17. The zero-order chi connectivity index (χ0) is 23.4. The number of carbonyl (C=O) groups is 1. The summed E-state index contributed by atoms with van der Waals surface area (Å²) < 4.78 is 6.17. The summed E-state index contributed by atoms with van der Waals surface area (Å²) in [6.07, 6.45) is 3.10. The van der Waals surface area contributed by atoms with Gasteiger partial charge in [-0.05, 0) is 49.2 Å². The second kappa shape index (κ2) is 11.1. The molecule has 1 N–H and O–H groups in total. The molecule has 5 heteroatoms. The number of rotatable bonds is 2. The van der Waals surface area contributed by atoms with Crippen LogP contribution in [0.1, 0.15) is 19.4 Å². The topological polar surface area (TPSA) is 59.4 Å². The Bertz CT molecular complexity index is 1340. The maximum absolute atomic E-state index is 10.0. The quantitative estimate of drug-likeness (QED) is 0.127. The predicted molar refractivity (Wildman–Crippen MR) is 131 cm³/mol. The van der Waals surface area contributed by atoms with Crippen molar-refractivity contribution in [1.82, 2.24) is 4.98 Å². The van der Waals surface area contributed by atoms with Crippen molar-refractivity contribution in [2.45, 2.75) is 20.8 Å². The number of hydrogen-bond donors (Lipinski definition) is 1. The third kappa shape index (κ3) is 5.69. The first-order valence-corrected chi connectivity index (χ1v) is 10.7. The summed E-state index contributed by atoms with van der Waals surface area (Å²) in [7, 11) is 0. The van der Waals surface area contributed by atoms with Crippen molar-refractivity contribution in [3.8, 4) is 45.0 Å². The van der Waals surface area contributed by atoms with Crippen molar-refractivity contribution < 1.29 is 34.7 Å². The number of aromatic nitrogens is 1. The molecule has 3 aromatic carbocycles. The standard InChI is InChI=1S/C24H16NO.C5H8O2.Ir/c1-16-10-12-17(13-11-16)18-14-21-19-6-2-4-8-22(19)26-23-9-5-3-7-20(23)24(21)25-15-18;1-4(6)3-5(2)7;/h2-6,8-15H,1H3;3,6H,1-2H3;/q-1;;. The summed E-state index contributed by atoms with van der Waals surface area (Å²) in [5.41, 5.74) is 7.42. The molecule has 4 nitrogen and oxygen atoms in total. The molecule has 0 saturated heterocycles. The third-order valence-corrected chi connectivity index (χ3v) is 5.14. The maximum atomic E-state index is 10.0. The fraction of sp³-hybridized carbons (Fsp3) is 0.103. The van der Waals surface area contributed by atoms with E-state index in [4.69, 9.17) is 14.8 Å². The molecular weight excluding hydrogens is 603 g/mol. The molecule has 1 radical (unpaired) electrons. The van der Waals surface area contributed by atoms with Gasteiger partial charge in [0.15, 0.2) is 5.78 Å². The number of fused-ring (bicyclic) bond motifs is 5. The Morgan fingerprint density at radius 2 is 1.65 bits per heavy atom. The molecule has 0 saturated carbocycles. The number of aryl methyl sites for hydroxylation is 1. The van der Waals surface area contributed by atoms with Crippen LogP contribution in [0.2, 0.25) is 0 Å². The number of ketones is 1. The number of hydrogen-bond acceptors (Lipinski definition) is 4. The van der Waals surface area contributed by atoms with Crippen molar-refractivity contribution in [2.75, 3.05) is 0 Å². The largest absolute Gasteiger partial charge is 0.512 e. The molecule has 0 amide bonds. The Hall–Kier alpha value is -3.53. The molecule has 0 aliphatic carbocycles. The molecule has 173 valence electrons. The Morgan fingerprint density at radius 1 is 0.941 bits per heavy atom. The minimum atomic E-state index is -0.125. The molecule has 4 aromatic rings. The smallest absolute Gasteiger partial charge is 0.155 e. The molecule has 2 heterocycles. The molecule has 1 aromatic heterocycles. The van der Waals surface area contributed by atoms with Crippen LogP contribution in [0.3, 0.4) is 0 Å². The number of nitrogens with zero attached hydrogens (tertiary/aromatic N) is 1. The fourth-order valence-corrected chi connectivity index (χ4v) is 3.66. The number of aliphatic hydroxyl groups is 1. The predicted octanol–water partition coefficient (Wildman–Crippen LogP) is 7.33. The average molecular weight is 627 g/mol. The van der Waals surface area contributed by atoms with Crippen molar-refractivity contribution in [3.05, 3.63) is 102 Å². The van der Waals surface area contributed by atoms with Crippen LogP contribution in [0, 0.1) is 13.0 Å². The van der Waals surface area contributed by atoms with E-state index in [0.29, 0.717) is 0 Å². The van der Waals surface area contributed by atoms with E-state index in [0.717, 1.165) is 45.0 Å². The van der Waals surface area contributed by atoms with Crippen molar-refractivity contribution in [2.24, 2.45) is 0 Å². The van der Waals surface area contributed by atoms with Gasteiger partial charge in [0.25, 0.3) is 0 Å². The van der Waals surface area contributed by atoms with Gasteiger partial charge in [-0.3, -0.25) is 4.79 Å². The summed E-state index contributed by atoms with van der Waals surface area (Å²) in [5.74, 6) is 1.57. The number of aliphatic hydroxyl groups excluding tert-OH is 1. The van der Waals surface area contributed by atoms with E-state index in [-0.39, 0.29) is 31.6 Å². The number of para-hydroxylation sites is 1. The number of pyridine rings is 1. The number of allylic oxidation sites excluding steroid dienone is 2. The summed E-state index contributed by atoms with van der Waals surface area (Å²) >= 11 is 0. The second-order valence-corrected chi connectivity index (χ2v) is 7.89. The van der Waals surface area contributed by atoms with E-state index in [1.165, 1.54) is 25.5 Å². The van der Waals surface area contributed by atoms with Gasteiger partial charge < -0.3 is 14.8 Å². The van der Waals surface area contributed by atoms with E-state index >= 15 is 0 Å². The molecule has 0 bridgehead atoms.